The number of hydrogen-bond acceptors (Lipinski definition) is 8. The fourth-order valence-electron chi connectivity index (χ4n) is 6.14. The Morgan fingerprint density at radius 1 is 0.769 bits per heavy atom. The summed E-state index contributed by atoms with van der Waals surface area (Å²) in [6.45, 7) is 6.10. The summed E-state index contributed by atoms with van der Waals surface area (Å²) in [6, 6.07) is 8.23. The molecule has 3 atom stereocenters. The molecule has 3 unspecified atom stereocenters. The predicted molar refractivity (Wildman–Crippen MR) is 145 cm³/mol. The zero-order chi connectivity index (χ0) is 26.6. The van der Waals surface area contributed by atoms with E-state index >= 15 is 0 Å². The number of rotatable bonds is 0. The summed E-state index contributed by atoms with van der Waals surface area (Å²) >= 11 is 0. The molecule has 206 valence electrons. The summed E-state index contributed by atoms with van der Waals surface area (Å²) in [5, 5.41) is 2.62. The van der Waals surface area contributed by atoms with Gasteiger partial charge in [-0.15, -0.1) is 0 Å². The number of para-hydroxylation sites is 1. The van der Waals surface area contributed by atoms with Crippen molar-refractivity contribution in [3.05, 3.63) is 77.1 Å². The Morgan fingerprint density at radius 3 is 2.21 bits per heavy atom. The number of ether oxygens (including phenoxy) is 4. The second-order valence-corrected chi connectivity index (χ2v) is 10.2. The van der Waals surface area contributed by atoms with E-state index in [0.717, 1.165) is 16.8 Å². The van der Waals surface area contributed by atoms with Gasteiger partial charge in [0.1, 0.15) is 0 Å². The van der Waals surface area contributed by atoms with Crippen LogP contribution < -0.4 is 10.2 Å². The molecule has 1 aromatic rings. The molecule has 1 aromatic carbocycles. The second kappa shape index (κ2) is 11.9. The van der Waals surface area contributed by atoms with Crippen LogP contribution in [0.2, 0.25) is 0 Å². The minimum absolute atomic E-state index is 0.0114. The third kappa shape index (κ3) is 5.32. The lowest BCUT2D eigenvalue weighted by atomic mass is 9.82. The van der Waals surface area contributed by atoms with Crippen LogP contribution in [0.4, 0.5) is 5.69 Å². The van der Waals surface area contributed by atoms with Crippen molar-refractivity contribution in [3.63, 3.8) is 0 Å². The maximum Gasteiger partial charge on any atom is 0.258 e. The molecule has 2 amide bonds. The van der Waals surface area contributed by atoms with Crippen LogP contribution in [-0.4, -0.2) is 95.2 Å². The molecule has 1 aliphatic carbocycles. The van der Waals surface area contributed by atoms with Crippen LogP contribution in [-0.2, 0) is 28.5 Å². The van der Waals surface area contributed by atoms with E-state index in [2.05, 4.69) is 45.6 Å². The molecule has 0 radical (unpaired) electrons. The molecule has 0 spiro atoms. The minimum Gasteiger partial charge on any atom is -0.377 e. The molecular formula is C30H35N3O6. The Bertz CT molecular complexity index is 1220. The average Bonchev–Trinajstić information content (AvgIpc) is 3.58. The number of hydrogen-bond donors (Lipinski definition) is 1. The number of allylic oxidation sites excluding steroid dienone is 2. The molecule has 6 rings (SSSR count). The molecular weight excluding hydrogens is 498 g/mol. The van der Waals surface area contributed by atoms with Gasteiger partial charge in [-0.05, 0) is 17.2 Å². The molecule has 1 N–H and O–H groups in total. The Hall–Kier alpha value is -3.24. The fraction of sp³-hybridized carbons (Fsp3) is 0.467. The monoisotopic (exact) mass is 533 g/mol. The van der Waals surface area contributed by atoms with Crippen molar-refractivity contribution in [1.29, 1.82) is 0 Å². The van der Waals surface area contributed by atoms with Gasteiger partial charge in [0.15, 0.2) is 0 Å². The van der Waals surface area contributed by atoms with Crippen LogP contribution in [0.15, 0.2) is 71.5 Å². The lowest BCUT2D eigenvalue weighted by molar-refractivity contribution is -0.124. The molecule has 9 nitrogen and oxygen atoms in total. The van der Waals surface area contributed by atoms with Gasteiger partial charge in [-0.1, -0.05) is 42.5 Å². The van der Waals surface area contributed by atoms with E-state index in [1.807, 2.05) is 24.3 Å². The molecule has 39 heavy (non-hydrogen) atoms. The number of carbonyl (C=O) groups excluding carboxylic acids is 2. The zero-order valence-corrected chi connectivity index (χ0v) is 22.1. The smallest absolute Gasteiger partial charge is 0.258 e. The molecule has 4 heterocycles. The number of amides is 2. The molecule has 0 saturated heterocycles. The van der Waals surface area contributed by atoms with Crippen molar-refractivity contribution in [2.75, 3.05) is 77.4 Å². The van der Waals surface area contributed by atoms with Crippen LogP contribution in [0.25, 0.3) is 0 Å². The van der Waals surface area contributed by atoms with E-state index in [1.165, 1.54) is 0 Å². The minimum atomic E-state index is -0.313. The first-order valence-electron chi connectivity index (χ1n) is 13.8. The summed E-state index contributed by atoms with van der Waals surface area (Å²) in [7, 11) is 0. The van der Waals surface area contributed by atoms with E-state index < -0.39 is 0 Å². The zero-order valence-electron chi connectivity index (χ0n) is 22.1. The van der Waals surface area contributed by atoms with E-state index in [0.29, 0.717) is 83.6 Å². The van der Waals surface area contributed by atoms with E-state index in [1.54, 1.807) is 0 Å². The Morgan fingerprint density at radius 2 is 1.44 bits per heavy atom. The van der Waals surface area contributed by atoms with Crippen molar-refractivity contribution >= 4 is 17.5 Å². The number of fused-ring (bicyclic) bond motifs is 11. The van der Waals surface area contributed by atoms with Gasteiger partial charge in [0.2, 0.25) is 0 Å². The Labute approximate surface area is 228 Å². The van der Waals surface area contributed by atoms with Crippen LogP contribution in [0.3, 0.4) is 0 Å². The first-order chi connectivity index (χ1) is 19.2. The maximum atomic E-state index is 13.4. The second-order valence-electron chi connectivity index (χ2n) is 10.2. The van der Waals surface area contributed by atoms with Gasteiger partial charge < -0.3 is 28.7 Å². The number of nitrogens with one attached hydrogen (secondary N) is 1. The van der Waals surface area contributed by atoms with E-state index in [9.17, 15) is 9.59 Å². The maximum absolute atomic E-state index is 13.4. The van der Waals surface area contributed by atoms with E-state index in [4.69, 9.17) is 18.9 Å². The van der Waals surface area contributed by atoms with Gasteiger partial charge in [-0.2, -0.15) is 0 Å². The first-order valence-corrected chi connectivity index (χ1v) is 13.8. The topological polar surface area (TPSA) is 89.6 Å². The molecule has 0 aromatic heterocycles. The third-order valence-electron chi connectivity index (χ3n) is 7.93. The van der Waals surface area contributed by atoms with Crippen LogP contribution >= 0.6 is 0 Å². The quantitative estimate of drug-likeness (QED) is 0.507. The predicted octanol–water partition coefficient (Wildman–Crippen LogP) is 1.93. The van der Waals surface area contributed by atoms with Crippen molar-refractivity contribution in [3.8, 4) is 0 Å². The van der Waals surface area contributed by atoms with Gasteiger partial charge in [0.05, 0.1) is 64.5 Å². The summed E-state index contributed by atoms with van der Waals surface area (Å²) in [5.41, 5.74) is 4.12. The highest BCUT2D eigenvalue weighted by atomic mass is 16.6. The molecule has 9 heteroatoms. The van der Waals surface area contributed by atoms with Gasteiger partial charge in [-0.25, -0.2) is 0 Å². The molecule has 0 fully saturated rings. The normalized spacial score (nSPS) is 28.3. The van der Waals surface area contributed by atoms with Gasteiger partial charge in [0, 0.05) is 48.9 Å². The number of nitrogens with zero attached hydrogens (tertiary/aromatic N) is 2. The summed E-state index contributed by atoms with van der Waals surface area (Å²) in [4.78, 5) is 31.2. The first kappa shape index (κ1) is 26.0. The fourth-order valence-corrected chi connectivity index (χ4v) is 6.14. The highest BCUT2D eigenvalue weighted by molar-refractivity contribution is 6.22. The van der Waals surface area contributed by atoms with Gasteiger partial charge in [0.25, 0.3) is 11.8 Å². The van der Waals surface area contributed by atoms with Crippen LogP contribution in [0.1, 0.15) is 11.5 Å². The number of carbonyl (C=O) groups is 2. The van der Waals surface area contributed by atoms with Gasteiger partial charge >= 0.3 is 0 Å². The summed E-state index contributed by atoms with van der Waals surface area (Å²) in [6.07, 6.45) is 10.4. The highest BCUT2D eigenvalue weighted by Gasteiger charge is 2.45. The third-order valence-corrected chi connectivity index (χ3v) is 7.93. The largest absolute Gasteiger partial charge is 0.377 e. The van der Waals surface area contributed by atoms with Crippen molar-refractivity contribution in [1.82, 2.24) is 10.2 Å². The number of anilines is 1. The highest BCUT2D eigenvalue weighted by Crippen LogP contribution is 2.46. The van der Waals surface area contributed by atoms with E-state index in [-0.39, 0.29) is 29.7 Å². The molecule has 5 aliphatic rings. The molecule has 4 aliphatic heterocycles. The summed E-state index contributed by atoms with van der Waals surface area (Å²) in [5.74, 6) is -0.826. The average molecular weight is 534 g/mol. The van der Waals surface area contributed by atoms with Crippen molar-refractivity contribution < 1.29 is 28.5 Å². The summed E-state index contributed by atoms with van der Waals surface area (Å²) < 4.78 is 22.9. The SMILES string of the molecule is O=C1NC(=O)C2=C1C1=CN(CCOCCOCCOCCOCCN3CC2c2ccccc23)C2C=CC=CC12. The van der Waals surface area contributed by atoms with Crippen molar-refractivity contribution in [2.45, 2.75) is 12.0 Å². The number of imide groups is 1. The Kier molecular flexibility index (Phi) is 7.92. The van der Waals surface area contributed by atoms with Crippen LogP contribution in [0.5, 0.6) is 0 Å². The van der Waals surface area contributed by atoms with Crippen molar-refractivity contribution in [2.24, 2.45) is 5.92 Å². The Balaban J connectivity index is 1.34. The number of benzene rings is 1. The molecule has 4 bridgehead atoms. The van der Waals surface area contributed by atoms with Crippen LogP contribution in [0, 0.1) is 5.92 Å². The lowest BCUT2D eigenvalue weighted by Crippen LogP contribution is -2.33. The molecule has 0 saturated carbocycles. The standard InChI is InChI=1S/C30H35N3O6/c34-29-27-23-19-32(25-7-3-1-5-21(23)25)9-11-36-13-15-38-17-18-39-16-14-37-12-10-33-20-24(28(27)30(35)31-29)22-6-2-4-8-26(22)33/h1-8,19,21,24-25H,9-18,20H2,(H,31,34,35). The lowest BCUT2D eigenvalue weighted by Gasteiger charge is -2.28. The van der Waals surface area contributed by atoms with Gasteiger partial charge in [-0.3, -0.25) is 14.9 Å².